The van der Waals surface area contributed by atoms with E-state index in [1.807, 2.05) is 0 Å². The molecule has 0 aromatic rings. The summed E-state index contributed by atoms with van der Waals surface area (Å²) in [6.45, 7) is 10.4. The number of phosphoric ester groups is 1. The molecule has 3 heterocycles. The van der Waals surface area contributed by atoms with Crippen LogP contribution in [0.3, 0.4) is 0 Å². The van der Waals surface area contributed by atoms with E-state index in [-0.39, 0.29) is 41.7 Å². The van der Waals surface area contributed by atoms with Crippen LogP contribution in [0.1, 0.15) is 92.4 Å². The largest absolute Gasteiger partial charge is 0.469 e. The summed E-state index contributed by atoms with van der Waals surface area (Å²) in [5.74, 6) is 2.98. The van der Waals surface area contributed by atoms with E-state index in [0.717, 1.165) is 38.5 Å². The highest BCUT2D eigenvalue weighted by atomic mass is 31.2. The number of hydrogen-bond donors (Lipinski definition) is 8. The van der Waals surface area contributed by atoms with Crippen molar-refractivity contribution in [2.45, 2.75) is 172 Å². The molecule has 316 valence electrons. The lowest BCUT2D eigenvalue weighted by Crippen LogP contribution is -2.64. The lowest BCUT2D eigenvalue weighted by molar-refractivity contribution is -0.369. The monoisotopic (exact) mass is 804 g/mol. The summed E-state index contributed by atoms with van der Waals surface area (Å²) in [5, 5.41) is 63.0. The van der Waals surface area contributed by atoms with E-state index in [2.05, 4.69) is 38.3 Å². The number of ether oxygens (including phenoxy) is 5. The molecular formula is C39H65O15P. The zero-order valence-electron chi connectivity index (χ0n) is 32.7. The third kappa shape index (κ3) is 7.93. The number of fused-ring (bicyclic) bond motifs is 7. The smallest absolute Gasteiger partial charge is 0.396 e. The van der Waals surface area contributed by atoms with Gasteiger partial charge in [0.05, 0.1) is 31.0 Å². The first-order valence-corrected chi connectivity index (χ1v) is 22.1. The van der Waals surface area contributed by atoms with Gasteiger partial charge in [-0.25, -0.2) is 4.57 Å². The topological polar surface area (TPSA) is 234 Å². The van der Waals surface area contributed by atoms with Gasteiger partial charge in [-0.1, -0.05) is 39.3 Å². The molecule has 6 fully saturated rings. The van der Waals surface area contributed by atoms with Gasteiger partial charge in [-0.15, -0.1) is 0 Å². The number of phosphoric acid groups is 1. The predicted octanol–water partition coefficient (Wildman–Crippen LogP) is 2.14. The summed E-state index contributed by atoms with van der Waals surface area (Å²) in [6.07, 6.45) is -3.77. The first-order chi connectivity index (χ1) is 25.9. The van der Waals surface area contributed by atoms with Crippen LogP contribution in [0.4, 0.5) is 0 Å². The second-order valence-electron chi connectivity index (χ2n) is 18.6. The Balaban J connectivity index is 1.05. The van der Waals surface area contributed by atoms with Crippen molar-refractivity contribution in [3.05, 3.63) is 11.6 Å². The van der Waals surface area contributed by atoms with Crippen LogP contribution in [0.25, 0.3) is 0 Å². The van der Waals surface area contributed by atoms with Crippen molar-refractivity contribution >= 4 is 7.82 Å². The van der Waals surface area contributed by atoms with Crippen molar-refractivity contribution in [1.29, 1.82) is 0 Å². The number of rotatable bonds is 11. The van der Waals surface area contributed by atoms with Gasteiger partial charge >= 0.3 is 7.82 Å². The third-order valence-corrected chi connectivity index (χ3v) is 15.9. The molecule has 16 heteroatoms. The van der Waals surface area contributed by atoms with E-state index in [0.29, 0.717) is 42.4 Å². The fraction of sp³-hybridized carbons (Fsp3) is 0.949. The van der Waals surface area contributed by atoms with Crippen molar-refractivity contribution in [2.75, 3.05) is 13.2 Å². The Kier molecular flexibility index (Phi) is 12.5. The van der Waals surface area contributed by atoms with Gasteiger partial charge < -0.3 is 64.1 Å². The average molecular weight is 805 g/mol. The number of hydrogen-bond acceptors (Lipinski definition) is 13. The third-order valence-electron chi connectivity index (χ3n) is 15.4. The van der Waals surface area contributed by atoms with Crippen LogP contribution in [0.15, 0.2) is 11.6 Å². The predicted molar refractivity (Wildman–Crippen MR) is 195 cm³/mol. The van der Waals surface area contributed by atoms with Crippen LogP contribution in [0, 0.1) is 46.3 Å². The van der Waals surface area contributed by atoms with E-state index in [4.69, 9.17) is 23.7 Å². The maximum Gasteiger partial charge on any atom is 0.469 e. The van der Waals surface area contributed by atoms with Crippen LogP contribution >= 0.6 is 7.82 Å². The molecule has 3 aliphatic heterocycles. The Labute approximate surface area is 323 Å². The molecule has 3 saturated carbocycles. The number of aliphatic hydroxyl groups is 6. The van der Waals surface area contributed by atoms with E-state index < -0.39 is 75.8 Å². The molecule has 0 aromatic carbocycles. The van der Waals surface area contributed by atoms with E-state index in [1.54, 1.807) is 0 Å². The highest BCUT2D eigenvalue weighted by molar-refractivity contribution is 7.46. The van der Waals surface area contributed by atoms with Crippen molar-refractivity contribution in [3.8, 4) is 0 Å². The molecule has 0 radical (unpaired) electrons. The van der Waals surface area contributed by atoms with Gasteiger partial charge in [0.1, 0.15) is 42.7 Å². The molecule has 0 amide bonds. The van der Waals surface area contributed by atoms with E-state index >= 15 is 0 Å². The molecule has 21 atom stereocenters. The quantitative estimate of drug-likeness (QED) is 0.110. The van der Waals surface area contributed by atoms with Crippen molar-refractivity contribution in [3.63, 3.8) is 0 Å². The van der Waals surface area contributed by atoms with Crippen LogP contribution in [0.2, 0.25) is 0 Å². The van der Waals surface area contributed by atoms with Crippen LogP contribution in [0.5, 0.6) is 0 Å². The van der Waals surface area contributed by atoms with Crippen LogP contribution in [-0.2, 0) is 32.8 Å². The van der Waals surface area contributed by atoms with Gasteiger partial charge in [-0.3, -0.25) is 4.52 Å². The minimum atomic E-state index is -4.94. The van der Waals surface area contributed by atoms with Gasteiger partial charge in [0.25, 0.3) is 0 Å². The Morgan fingerprint density at radius 1 is 0.891 bits per heavy atom. The molecule has 12 unspecified atom stereocenters. The van der Waals surface area contributed by atoms with Gasteiger partial charge in [-0.05, 0) is 111 Å². The number of allylic oxidation sites excluding steroid dienone is 1. The maximum absolute atomic E-state index is 11.5. The van der Waals surface area contributed by atoms with Gasteiger partial charge in [0, 0.05) is 6.61 Å². The number of aliphatic hydroxyl groups excluding tert-OH is 6. The molecule has 3 saturated heterocycles. The summed E-state index contributed by atoms with van der Waals surface area (Å²) < 4.78 is 47.0. The Morgan fingerprint density at radius 3 is 2.35 bits per heavy atom. The highest BCUT2D eigenvalue weighted by Crippen LogP contribution is 2.69. The highest BCUT2D eigenvalue weighted by Gasteiger charge is 2.65. The minimum absolute atomic E-state index is 0.0246. The first-order valence-electron chi connectivity index (χ1n) is 20.5. The summed E-state index contributed by atoms with van der Waals surface area (Å²) in [7, 11) is -4.94. The summed E-state index contributed by atoms with van der Waals surface area (Å²) >= 11 is 0. The second kappa shape index (κ2) is 16.1. The second-order valence-corrected chi connectivity index (χ2v) is 19.8. The Morgan fingerprint density at radius 2 is 1.64 bits per heavy atom. The zero-order chi connectivity index (χ0) is 39.8. The molecule has 0 bridgehead atoms. The summed E-state index contributed by atoms with van der Waals surface area (Å²) in [6, 6.07) is 0. The molecular weight excluding hydrogens is 739 g/mol. The Bertz CT molecular complexity index is 1430. The normalized spacial score (nSPS) is 51.8. The van der Waals surface area contributed by atoms with Crippen molar-refractivity contribution in [1.82, 2.24) is 0 Å². The first kappa shape index (κ1) is 42.5. The summed E-state index contributed by atoms with van der Waals surface area (Å²) in [5.41, 5.74) is 1.52. The van der Waals surface area contributed by atoms with Crippen LogP contribution in [-0.4, -0.2) is 133 Å². The molecule has 8 N–H and O–H groups in total. The maximum atomic E-state index is 11.5. The molecule has 55 heavy (non-hydrogen) atoms. The molecule has 7 aliphatic rings. The fourth-order valence-corrected chi connectivity index (χ4v) is 12.6. The minimum Gasteiger partial charge on any atom is -0.396 e. The van der Waals surface area contributed by atoms with E-state index in [9.17, 15) is 45.0 Å². The van der Waals surface area contributed by atoms with Crippen molar-refractivity contribution in [2.24, 2.45) is 46.3 Å². The summed E-state index contributed by atoms with van der Waals surface area (Å²) in [4.78, 5) is 18.6. The zero-order valence-corrected chi connectivity index (χ0v) is 33.6. The van der Waals surface area contributed by atoms with Crippen molar-refractivity contribution < 1.29 is 73.2 Å². The molecule has 0 aromatic heterocycles. The fourth-order valence-electron chi connectivity index (χ4n) is 12.2. The van der Waals surface area contributed by atoms with Gasteiger partial charge in [0.2, 0.25) is 0 Å². The average Bonchev–Trinajstić information content (AvgIpc) is 3.62. The van der Waals surface area contributed by atoms with E-state index in [1.165, 1.54) is 18.9 Å². The molecule has 15 nitrogen and oxygen atoms in total. The van der Waals surface area contributed by atoms with Crippen LogP contribution < -0.4 is 0 Å². The SMILES string of the molecule is CC1OC(OC2C(O[C@H]3CC[C@@]4(C)C(=CC[C@@H]5C4CC[C@@]4(C)C5C[C@@H]5O[C@H](CC[C@@H](C)CO)[C@@H](C)[C@@H]54)C3)OC(COP(=O)(O)O)C(O)C2O)C(O)C(O)C1O. The standard InChI is InChI=1S/C39H65O15P/c1-18(16-40)6-9-26-19(2)29-27(52-26)15-25-23-8-7-21-14-22(10-12-38(21,4)24(23)11-13-39(25,29)5)51-37-35(54-36-34(45)32(43)30(41)20(3)50-36)33(44)31(42)28(53-37)17-49-55(46,47)48/h7,18-20,22-37,40-45H,6,8-17H2,1-5H3,(H2,46,47,48)/t18-,19-,20?,22+,23-,24?,25?,26-,27+,28?,29+,30?,31?,32?,33?,34?,35?,36?,37?,38+,39+/m1/s1. The Hall–Kier alpha value is -0.590. The lowest BCUT2D eigenvalue weighted by atomic mass is 9.47. The molecule has 4 aliphatic carbocycles. The van der Waals surface area contributed by atoms with Gasteiger partial charge in [0.15, 0.2) is 12.6 Å². The van der Waals surface area contributed by atoms with Gasteiger partial charge in [-0.2, -0.15) is 0 Å². The molecule has 0 spiro atoms. The molecule has 7 rings (SSSR count). The lowest BCUT2D eigenvalue weighted by Gasteiger charge is -2.58.